The van der Waals surface area contributed by atoms with Crippen molar-refractivity contribution in [3.05, 3.63) is 39.4 Å². The molecule has 110 valence electrons. The molecule has 1 aromatic rings. The highest BCUT2D eigenvalue weighted by molar-refractivity contribution is 9.09. The number of nitro benzene ring substituents is 1. The lowest BCUT2D eigenvalue weighted by Crippen LogP contribution is -2.29. The summed E-state index contributed by atoms with van der Waals surface area (Å²) >= 11 is 3.39. The van der Waals surface area contributed by atoms with Crippen LogP contribution >= 0.6 is 15.9 Å². The highest BCUT2D eigenvalue weighted by Crippen LogP contribution is 2.17. The van der Waals surface area contributed by atoms with E-state index in [1.165, 1.54) is 12.1 Å². The maximum atomic E-state index is 12.1. The predicted octanol–water partition coefficient (Wildman–Crippen LogP) is 3.44. The molecule has 6 heteroatoms. The summed E-state index contributed by atoms with van der Waals surface area (Å²) in [6, 6.07) is 4.34. The first-order chi connectivity index (χ1) is 9.49. The van der Waals surface area contributed by atoms with Crippen LogP contribution in [-0.2, 0) is 0 Å². The number of nitro groups is 1. The van der Waals surface area contributed by atoms with Crippen LogP contribution in [0.2, 0.25) is 0 Å². The molecule has 1 N–H and O–H groups in total. The van der Waals surface area contributed by atoms with Crippen LogP contribution in [0.3, 0.4) is 0 Å². The third-order valence-electron chi connectivity index (χ3n) is 3.32. The van der Waals surface area contributed by atoms with Gasteiger partial charge in [0.05, 0.1) is 4.92 Å². The normalized spacial score (nSPS) is 11.9. The van der Waals surface area contributed by atoms with Crippen molar-refractivity contribution in [3.63, 3.8) is 0 Å². The molecule has 0 bridgehead atoms. The summed E-state index contributed by atoms with van der Waals surface area (Å²) in [5.74, 6) is 0.163. The standard InChI is InChI=1S/C14H19BrN2O3/c1-3-11(6-7-15)9-16-14(18)13-8-12(17(19)20)5-4-10(13)2/h4-5,8,11H,3,6-7,9H2,1-2H3,(H,16,18). The second-order valence-corrected chi connectivity index (χ2v) is 5.51. The van der Waals surface area contributed by atoms with Gasteiger partial charge in [0, 0.05) is 29.6 Å². The summed E-state index contributed by atoms with van der Waals surface area (Å²) in [7, 11) is 0. The second-order valence-electron chi connectivity index (χ2n) is 4.72. The number of aryl methyl sites for hydroxylation is 1. The molecular formula is C14H19BrN2O3. The second kappa shape index (κ2) is 7.99. The van der Waals surface area contributed by atoms with Crippen molar-refractivity contribution in [2.24, 2.45) is 5.92 Å². The molecule has 0 aromatic heterocycles. The Morgan fingerprint density at radius 2 is 2.20 bits per heavy atom. The van der Waals surface area contributed by atoms with Gasteiger partial charge in [-0.05, 0) is 24.8 Å². The molecule has 5 nitrogen and oxygen atoms in total. The number of carbonyl (C=O) groups is 1. The van der Waals surface area contributed by atoms with Gasteiger partial charge in [0.15, 0.2) is 0 Å². The van der Waals surface area contributed by atoms with Crippen LogP contribution in [-0.4, -0.2) is 22.7 Å². The third kappa shape index (κ3) is 4.59. The SMILES string of the molecule is CCC(CCBr)CNC(=O)c1cc([N+](=O)[O-])ccc1C. The van der Waals surface area contributed by atoms with Gasteiger partial charge in [0.2, 0.25) is 0 Å². The summed E-state index contributed by atoms with van der Waals surface area (Å²) in [4.78, 5) is 22.4. The van der Waals surface area contributed by atoms with Crippen molar-refractivity contribution in [3.8, 4) is 0 Å². The van der Waals surface area contributed by atoms with E-state index in [0.29, 0.717) is 18.0 Å². The first-order valence-electron chi connectivity index (χ1n) is 6.58. The minimum atomic E-state index is -0.490. The Morgan fingerprint density at radius 1 is 1.50 bits per heavy atom. The van der Waals surface area contributed by atoms with E-state index >= 15 is 0 Å². The van der Waals surface area contributed by atoms with Crippen LogP contribution in [0.1, 0.15) is 35.7 Å². The quantitative estimate of drug-likeness (QED) is 0.468. The minimum absolute atomic E-state index is 0.0618. The monoisotopic (exact) mass is 342 g/mol. The zero-order chi connectivity index (χ0) is 15.1. The number of rotatable bonds is 7. The highest BCUT2D eigenvalue weighted by Gasteiger charge is 2.15. The van der Waals surface area contributed by atoms with Crippen molar-refractivity contribution in [2.45, 2.75) is 26.7 Å². The molecule has 1 amide bonds. The summed E-state index contributed by atoms with van der Waals surface area (Å²) < 4.78 is 0. The summed E-state index contributed by atoms with van der Waals surface area (Å²) in [6.07, 6.45) is 1.98. The Hall–Kier alpha value is -1.43. The maximum Gasteiger partial charge on any atom is 0.270 e. The van der Waals surface area contributed by atoms with Gasteiger partial charge in [-0.15, -0.1) is 0 Å². The first kappa shape index (κ1) is 16.6. The molecule has 0 heterocycles. The molecule has 0 aliphatic carbocycles. The number of hydrogen-bond acceptors (Lipinski definition) is 3. The molecule has 1 aromatic carbocycles. The van der Waals surface area contributed by atoms with Crippen LogP contribution < -0.4 is 5.32 Å². The molecular weight excluding hydrogens is 324 g/mol. The van der Waals surface area contributed by atoms with E-state index < -0.39 is 4.92 Å². The summed E-state index contributed by atoms with van der Waals surface area (Å²) in [5, 5.41) is 14.5. The lowest BCUT2D eigenvalue weighted by Gasteiger charge is -2.14. The molecule has 0 radical (unpaired) electrons. The van der Waals surface area contributed by atoms with E-state index in [4.69, 9.17) is 0 Å². The topological polar surface area (TPSA) is 72.2 Å². The Labute approximate surface area is 127 Å². The molecule has 0 saturated carbocycles. The van der Waals surface area contributed by atoms with E-state index in [2.05, 4.69) is 28.2 Å². The van der Waals surface area contributed by atoms with Crippen molar-refractivity contribution < 1.29 is 9.72 Å². The zero-order valence-electron chi connectivity index (χ0n) is 11.7. The number of hydrogen-bond donors (Lipinski definition) is 1. The number of alkyl halides is 1. The van der Waals surface area contributed by atoms with E-state index in [1.54, 1.807) is 13.0 Å². The van der Waals surface area contributed by atoms with Gasteiger partial charge in [-0.1, -0.05) is 35.3 Å². The molecule has 0 saturated heterocycles. The van der Waals surface area contributed by atoms with Gasteiger partial charge in [0.25, 0.3) is 11.6 Å². The lowest BCUT2D eigenvalue weighted by molar-refractivity contribution is -0.384. The summed E-state index contributed by atoms with van der Waals surface area (Å²) in [5.41, 5.74) is 1.04. The number of non-ortho nitro benzene ring substituents is 1. The largest absolute Gasteiger partial charge is 0.352 e. The fourth-order valence-electron chi connectivity index (χ4n) is 1.91. The smallest absolute Gasteiger partial charge is 0.270 e. The predicted molar refractivity (Wildman–Crippen MR) is 82.4 cm³/mol. The fraction of sp³-hybridized carbons (Fsp3) is 0.500. The number of amides is 1. The van der Waals surface area contributed by atoms with Crippen LogP contribution in [0.5, 0.6) is 0 Å². The number of nitrogens with zero attached hydrogens (tertiary/aromatic N) is 1. The van der Waals surface area contributed by atoms with Crippen molar-refractivity contribution >= 4 is 27.5 Å². The molecule has 1 atom stereocenters. The van der Waals surface area contributed by atoms with Gasteiger partial charge >= 0.3 is 0 Å². The third-order valence-corrected chi connectivity index (χ3v) is 3.78. The Morgan fingerprint density at radius 3 is 2.75 bits per heavy atom. The molecule has 1 rings (SSSR count). The number of carbonyl (C=O) groups excluding carboxylic acids is 1. The number of benzene rings is 1. The Bertz CT molecular complexity index is 491. The Kier molecular flexibility index (Phi) is 6.64. The van der Waals surface area contributed by atoms with Gasteiger partial charge < -0.3 is 5.32 Å². The van der Waals surface area contributed by atoms with Crippen LogP contribution in [0, 0.1) is 23.0 Å². The molecule has 0 aliphatic rings. The van der Waals surface area contributed by atoms with Gasteiger partial charge in [-0.25, -0.2) is 0 Å². The van der Waals surface area contributed by atoms with E-state index in [1.807, 2.05) is 0 Å². The van der Waals surface area contributed by atoms with E-state index in [9.17, 15) is 14.9 Å². The fourth-order valence-corrected chi connectivity index (χ4v) is 2.55. The van der Waals surface area contributed by atoms with Crippen molar-refractivity contribution in [1.29, 1.82) is 0 Å². The maximum absolute atomic E-state index is 12.1. The molecule has 0 spiro atoms. The average molecular weight is 343 g/mol. The van der Waals surface area contributed by atoms with Gasteiger partial charge in [-0.3, -0.25) is 14.9 Å². The minimum Gasteiger partial charge on any atom is -0.352 e. The van der Waals surface area contributed by atoms with Gasteiger partial charge in [0.1, 0.15) is 0 Å². The molecule has 1 unspecified atom stereocenters. The highest BCUT2D eigenvalue weighted by atomic mass is 79.9. The average Bonchev–Trinajstić information content (AvgIpc) is 2.43. The van der Waals surface area contributed by atoms with E-state index in [0.717, 1.165) is 23.7 Å². The van der Waals surface area contributed by atoms with Crippen molar-refractivity contribution in [2.75, 3.05) is 11.9 Å². The number of nitrogens with one attached hydrogen (secondary N) is 1. The molecule has 0 fully saturated rings. The Balaban J connectivity index is 2.76. The van der Waals surface area contributed by atoms with Crippen molar-refractivity contribution in [1.82, 2.24) is 5.32 Å². The van der Waals surface area contributed by atoms with Crippen LogP contribution in [0.4, 0.5) is 5.69 Å². The molecule has 20 heavy (non-hydrogen) atoms. The van der Waals surface area contributed by atoms with Gasteiger partial charge in [-0.2, -0.15) is 0 Å². The summed E-state index contributed by atoms with van der Waals surface area (Å²) in [6.45, 7) is 4.44. The first-order valence-corrected chi connectivity index (χ1v) is 7.71. The van der Waals surface area contributed by atoms with Crippen LogP contribution in [0.25, 0.3) is 0 Å². The lowest BCUT2D eigenvalue weighted by atomic mass is 10.0. The molecule has 0 aliphatic heterocycles. The van der Waals surface area contributed by atoms with Crippen LogP contribution in [0.15, 0.2) is 18.2 Å². The van der Waals surface area contributed by atoms with E-state index in [-0.39, 0.29) is 11.6 Å². The number of halogens is 1. The zero-order valence-corrected chi connectivity index (χ0v) is 13.3.